The summed E-state index contributed by atoms with van der Waals surface area (Å²) >= 11 is 7.35. The summed E-state index contributed by atoms with van der Waals surface area (Å²) in [5, 5.41) is 6.08. The standard InChI is InChI=1S/C20H20ClN3O4S2/c1-13-24-17(12-29-13)11-22-20(25)15-5-8-18(28-2)19(9-15)30(26,27)23-10-14-3-6-16(21)7-4-14/h3-9,12,23H,10-11H2,1-2H3,(H,22,25). The summed E-state index contributed by atoms with van der Waals surface area (Å²) < 4.78 is 33.4. The van der Waals surface area contributed by atoms with E-state index in [1.165, 1.54) is 36.6 Å². The van der Waals surface area contributed by atoms with E-state index in [2.05, 4.69) is 15.0 Å². The third-order valence-electron chi connectivity index (χ3n) is 4.19. The number of halogens is 1. The van der Waals surface area contributed by atoms with Crippen molar-refractivity contribution in [3.8, 4) is 5.75 Å². The maximum atomic E-state index is 12.9. The number of sulfonamides is 1. The molecule has 2 aromatic carbocycles. The monoisotopic (exact) mass is 465 g/mol. The van der Waals surface area contributed by atoms with E-state index >= 15 is 0 Å². The van der Waals surface area contributed by atoms with Crippen LogP contribution in [-0.4, -0.2) is 26.4 Å². The van der Waals surface area contributed by atoms with E-state index in [0.717, 1.165) is 16.3 Å². The van der Waals surface area contributed by atoms with Crippen LogP contribution in [0.15, 0.2) is 52.7 Å². The predicted molar refractivity (Wildman–Crippen MR) is 116 cm³/mol. The fourth-order valence-electron chi connectivity index (χ4n) is 2.65. The first-order valence-corrected chi connectivity index (χ1v) is 11.6. The minimum Gasteiger partial charge on any atom is -0.495 e. The fraction of sp³-hybridized carbons (Fsp3) is 0.200. The highest BCUT2D eigenvalue weighted by Gasteiger charge is 2.21. The molecule has 0 saturated carbocycles. The van der Waals surface area contributed by atoms with E-state index in [1.54, 1.807) is 24.3 Å². The van der Waals surface area contributed by atoms with Crippen LogP contribution in [0.1, 0.15) is 26.6 Å². The van der Waals surface area contributed by atoms with Crippen molar-refractivity contribution in [2.75, 3.05) is 7.11 Å². The molecule has 1 aromatic heterocycles. The molecule has 0 fully saturated rings. The maximum Gasteiger partial charge on any atom is 0.251 e. The zero-order valence-electron chi connectivity index (χ0n) is 16.3. The van der Waals surface area contributed by atoms with Gasteiger partial charge in [0.15, 0.2) is 0 Å². The number of methoxy groups -OCH3 is 1. The van der Waals surface area contributed by atoms with Gasteiger partial charge in [-0.2, -0.15) is 0 Å². The van der Waals surface area contributed by atoms with Crippen LogP contribution in [0.3, 0.4) is 0 Å². The molecule has 0 atom stereocenters. The lowest BCUT2D eigenvalue weighted by atomic mass is 10.2. The summed E-state index contributed by atoms with van der Waals surface area (Å²) in [5.74, 6) is -0.261. The smallest absolute Gasteiger partial charge is 0.251 e. The van der Waals surface area contributed by atoms with Crippen LogP contribution in [0.4, 0.5) is 0 Å². The molecule has 7 nitrogen and oxygen atoms in total. The number of hydrogen-bond donors (Lipinski definition) is 2. The van der Waals surface area contributed by atoms with Crippen LogP contribution in [-0.2, 0) is 23.1 Å². The second-order valence-electron chi connectivity index (χ2n) is 6.36. The number of thiazole rings is 1. The lowest BCUT2D eigenvalue weighted by molar-refractivity contribution is 0.0950. The molecule has 2 N–H and O–H groups in total. The number of aryl methyl sites for hydroxylation is 1. The number of carbonyl (C=O) groups is 1. The van der Waals surface area contributed by atoms with Gasteiger partial charge in [0.05, 0.1) is 24.4 Å². The number of nitrogens with zero attached hydrogens (tertiary/aromatic N) is 1. The van der Waals surface area contributed by atoms with Crippen molar-refractivity contribution in [1.82, 2.24) is 15.0 Å². The van der Waals surface area contributed by atoms with Gasteiger partial charge in [0, 0.05) is 22.5 Å². The van der Waals surface area contributed by atoms with Crippen molar-refractivity contribution >= 4 is 38.9 Å². The highest BCUT2D eigenvalue weighted by Crippen LogP contribution is 2.25. The molecule has 3 rings (SSSR count). The normalized spacial score (nSPS) is 11.3. The highest BCUT2D eigenvalue weighted by atomic mass is 35.5. The maximum absolute atomic E-state index is 12.9. The Hall–Kier alpha value is -2.46. The number of amides is 1. The molecule has 30 heavy (non-hydrogen) atoms. The molecule has 3 aromatic rings. The Kier molecular flexibility index (Phi) is 7.09. The number of hydrogen-bond acceptors (Lipinski definition) is 6. The zero-order chi connectivity index (χ0) is 21.7. The molecule has 0 aliphatic carbocycles. The van der Waals surface area contributed by atoms with Gasteiger partial charge in [0.25, 0.3) is 5.91 Å². The van der Waals surface area contributed by atoms with Crippen LogP contribution < -0.4 is 14.8 Å². The first-order valence-electron chi connectivity index (χ1n) is 8.90. The lowest BCUT2D eigenvalue weighted by Crippen LogP contribution is -2.26. The number of benzene rings is 2. The van der Waals surface area contributed by atoms with Crippen LogP contribution in [0.5, 0.6) is 5.75 Å². The Morgan fingerprint density at radius 1 is 1.17 bits per heavy atom. The molecular formula is C20H20ClN3O4S2. The predicted octanol–water partition coefficient (Wildman–Crippen LogP) is 3.52. The molecule has 0 bridgehead atoms. The van der Waals surface area contributed by atoms with Crippen LogP contribution >= 0.6 is 22.9 Å². The second-order valence-corrected chi connectivity index (χ2v) is 9.59. The van der Waals surface area contributed by atoms with E-state index in [0.29, 0.717) is 5.02 Å². The summed E-state index contributed by atoms with van der Waals surface area (Å²) in [5.41, 5.74) is 1.70. The van der Waals surface area contributed by atoms with Crippen LogP contribution in [0.2, 0.25) is 5.02 Å². The minimum atomic E-state index is -3.93. The largest absolute Gasteiger partial charge is 0.495 e. The number of ether oxygens (including phenoxy) is 1. The summed E-state index contributed by atoms with van der Waals surface area (Å²) in [6, 6.07) is 11.1. The Balaban J connectivity index is 1.76. The Labute approximate surface area is 184 Å². The minimum absolute atomic E-state index is 0.0717. The molecule has 1 amide bonds. The number of carbonyl (C=O) groups excluding carboxylic acids is 1. The fourth-order valence-corrected chi connectivity index (χ4v) is 4.60. The molecular weight excluding hydrogens is 446 g/mol. The number of aromatic nitrogens is 1. The van der Waals surface area contributed by atoms with Gasteiger partial charge in [0.1, 0.15) is 10.6 Å². The van der Waals surface area contributed by atoms with Crippen molar-refractivity contribution in [3.05, 3.63) is 74.7 Å². The van der Waals surface area contributed by atoms with Gasteiger partial charge in [-0.15, -0.1) is 11.3 Å². The third kappa shape index (κ3) is 5.57. The molecule has 10 heteroatoms. The first kappa shape index (κ1) is 22.2. The van der Waals surface area contributed by atoms with Gasteiger partial charge in [-0.05, 0) is 42.8 Å². The molecule has 1 heterocycles. The Bertz CT molecular complexity index is 1150. The van der Waals surface area contributed by atoms with Gasteiger partial charge >= 0.3 is 0 Å². The SMILES string of the molecule is COc1ccc(C(=O)NCc2csc(C)n2)cc1S(=O)(=O)NCc1ccc(Cl)cc1. The average Bonchev–Trinajstić information content (AvgIpc) is 3.16. The van der Waals surface area contributed by atoms with E-state index in [9.17, 15) is 13.2 Å². The van der Waals surface area contributed by atoms with Crippen molar-refractivity contribution in [2.45, 2.75) is 24.9 Å². The topological polar surface area (TPSA) is 97.4 Å². The summed E-state index contributed by atoms with van der Waals surface area (Å²) in [7, 11) is -2.56. The van der Waals surface area contributed by atoms with Crippen LogP contribution in [0, 0.1) is 6.92 Å². The Morgan fingerprint density at radius 2 is 1.90 bits per heavy atom. The molecule has 0 saturated heterocycles. The molecule has 0 spiro atoms. The van der Waals surface area contributed by atoms with Gasteiger partial charge in [-0.1, -0.05) is 23.7 Å². The van der Waals surface area contributed by atoms with Gasteiger partial charge in [-0.25, -0.2) is 18.1 Å². The molecule has 0 unspecified atom stereocenters. The van der Waals surface area contributed by atoms with Crippen molar-refractivity contribution in [3.63, 3.8) is 0 Å². The van der Waals surface area contributed by atoms with Gasteiger partial charge < -0.3 is 10.1 Å². The van der Waals surface area contributed by atoms with E-state index in [4.69, 9.17) is 16.3 Å². The Morgan fingerprint density at radius 3 is 2.53 bits per heavy atom. The van der Waals surface area contributed by atoms with Crippen LogP contribution in [0.25, 0.3) is 0 Å². The van der Waals surface area contributed by atoms with Crippen molar-refractivity contribution in [2.24, 2.45) is 0 Å². The van der Waals surface area contributed by atoms with E-state index in [1.807, 2.05) is 12.3 Å². The highest BCUT2D eigenvalue weighted by molar-refractivity contribution is 7.89. The van der Waals surface area contributed by atoms with Gasteiger partial charge in [0.2, 0.25) is 10.0 Å². The lowest BCUT2D eigenvalue weighted by Gasteiger charge is -2.13. The molecule has 0 radical (unpaired) electrons. The second kappa shape index (κ2) is 9.57. The quantitative estimate of drug-likeness (QED) is 0.530. The average molecular weight is 466 g/mol. The summed E-state index contributed by atoms with van der Waals surface area (Å²) in [6.07, 6.45) is 0. The molecule has 158 valence electrons. The van der Waals surface area contributed by atoms with Crippen molar-refractivity contribution in [1.29, 1.82) is 0 Å². The third-order valence-corrected chi connectivity index (χ3v) is 6.69. The van der Waals surface area contributed by atoms with E-state index < -0.39 is 15.9 Å². The first-order chi connectivity index (χ1) is 14.3. The van der Waals surface area contributed by atoms with Gasteiger partial charge in [-0.3, -0.25) is 4.79 Å². The van der Waals surface area contributed by atoms with Crippen molar-refractivity contribution < 1.29 is 17.9 Å². The summed E-state index contributed by atoms with van der Waals surface area (Å²) in [4.78, 5) is 16.7. The zero-order valence-corrected chi connectivity index (χ0v) is 18.7. The van der Waals surface area contributed by atoms with E-state index in [-0.39, 0.29) is 29.3 Å². The summed E-state index contributed by atoms with van der Waals surface area (Å²) in [6.45, 7) is 2.21. The molecule has 0 aliphatic rings. The number of nitrogens with one attached hydrogen (secondary N) is 2. The number of rotatable bonds is 8. The molecule has 0 aliphatic heterocycles.